The minimum absolute atomic E-state index is 0. The summed E-state index contributed by atoms with van der Waals surface area (Å²) in [6.45, 7) is 9.25. The molecule has 0 amide bonds. The van der Waals surface area contributed by atoms with E-state index in [1.54, 1.807) is 19.9 Å². The average molecular weight is 539 g/mol. The van der Waals surface area contributed by atoms with Crippen molar-refractivity contribution in [2.75, 3.05) is 0 Å². The molecule has 0 aromatic heterocycles. The number of rotatable bonds is 3. The van der Waals surface area contributed by atoms with Gasteiger partial charge in [-0.1, -0.05) is 0 Å². The third-order valence-corrected chi connectivity index (χ3v) is 15.3. The molecule has 2 aliphatic rings. The van der Waals surface area contributed by atoms with Crippen molar-refractivity contribution in [2.45, 2.75) is 34.9 Å². The minimum atomic E-state index is -2.14. The van der Waals surface area contributed by atoms with Crippen LogP contribution in [0.5, 0.6) is 0 Å². The first-order valence-corrected chi connectivity index (χ1v) is 14.9. The van der Waals surface area contributed by atoms with E-state index < -0.39 is 21.3 Å². The SMILES string of the molecule is C[C](C)=[Zr+2]([CH]1C=CC=C1c1cc(C)cc(C)c1)[CH]1c2ccccc2-c2ccccc21.[Cl-].[Cl-]. The van der Waals surface area contributed by atoms with Crippen LogP contribution < -0.4 is 24.8 Å². The Morgan fingerprint density at radius 2 is 1.28 bits per heavy atom. The predicted octanol–water partition coefficient (Wildman–Crippen LogP) is 1.65. The molecule has 0 radical (unpaired) electrons. The third kappa shape index (κ3) is 4.33. The summed E-state index contributed by atoms with van der Waals surface area (Å²) < 4.78 is 2.87. The van der Waals surface area contributed by atoms with E-state index in [0.29, 0.717) is 7.25 Å². The van der Waals surface area contributed by atoms with Gasteiger partial charge in [0.25, 0.3) is 0 Å². The average Bonchev–Trinajstić information content (AvgIpc) is 3.32. The zero-order chi connectivity index (χ0) is 20.8. The molecule has 1 atom stereocenters. The molecule has 0 N–H and O–H groups in total. The van der Waals surface area contributed by atoms with E-state index in [4.69, 9.17) is 0 Å². The molecular formula is C29H28Cl2Zr. The van der Waals surface area contributed by atoms with Crippen LogP contribution in [0.25, 0.3) is 16.7 Å². The molecule has 0 heterocycles. The summed E-state index contributed by atoms with van der Waals surface area (Å²) in [6, 6.07) is 25.3. The maximum absolute atomic E-state index is 2.51. The number of halogens is 2. The van der Waals surface area contributed by atoms with Crippen LogP contribution in [0.2, 0.25) is 3.63 Å². The number of allylic oxidation sites excluding steroid dienone is 4. The van der Waals surface area contributed by atoms with Crippen LogP contribution in [-0.2, 0) is 21.3 Å². The van der Waals surface area contributed by atoms with Crippen LogP contribution in [0.3, 0.4) is 0 Å². The second-order valence-corrected chi connectivity index (χ2v) is 16.6. The molecule has 2 aliphatic carbocycles. The Morgan fingerprint density at radius 3 is 1.81 bits per heavy atom. The molecule has 0 nitrogen and oxygen atoms in total. The van der Waals surface area contributed by atoms with E-state index in [-0.39, 0.29) is 24.8 Å². The first kappa shape index (κ1) is 25.1. The summed E-state index contributed by atoms with van der Waals surface area (Å²) in [4.78, 5) is 0. The Morgan fingerprint density at radius 1 is 0.750 bits per heavy atom. The van der Waals surface area contributed by atoms with Gasteiger partial charge in [-0.2, -0.15) is 0 Å². The summed E-state index contributed by atoms with van der Waals surface area (Å²) >= 11 is -2.14. The van der Waals surface area contributed by atoms with Crippen molar-refractivity contribution in [1.82, 2.24) is 0 Å². The smallest absolute Gasteiger partial charge is 1.00 e. The summed E-state index contributed by atoms with van der Waals surface area (Å²) in [7, 11) is 0. The van der Waals surface area contributed by atoms with Gasteiger partial charge in [-0.05, 0) is 0 Å². The van der Waals surface area contributed by atoms with Gasteiger partial charge < -0.3 is 24.8 Å². The van der Waals surface area contributed by atoms with Crippen LogP contribution in [0.15, 0.2) is 85.0 Å². The Balaban J connectivity index is 0.00000144. The van der Waals surface area contributed by atoms with Gasteiger partial charge >= 0.3 is 189 Å². The topological polar surface area (TPSA) is 0 Å². The second-order valence-electron chi connectivity index (χ2n) is 8.92. The van der Waals surface area contributed by atoms with E-state index in [9.17, 15) is 0 Å². The summed E-state index contributed by atoms with van der Waals surface area (Å²) in [5.41, 5.74) is 11.7. The number of hydrogen-bond donors (Lipinski definition) is 0. The Labute approximate surface area is 212 Å². The zero-order valence-electron chi connectivity index (χ0n) is 19.0. The fourth-order valence-corrected chi connectivity index (χ4v) is 14.4. The van der Waals surface area contributed by atoms with Crippen molar-refractivity contribution in [3.63, 3.8) is 0 Å². The van der Waals surface area contributed by atoms with E-state index >= 15 is 0 Å². The van der Waals surface area contributed by atoms with Crippen LogP contribution in [0.1, 0.15) is 45.3 Å². The first-order chi connectivity index (χ1) is 14.5. The molecule has 0 saturated carbocycles. The van der Waals surface area contributed by atoms with Gasteiger partial charge in [0.05, 0.1) is 0 Å². The Bertz CT molecular complexity index is 1180. The predicted molar refractivity (Wildman–Crippen MR) is 127 cm³/mol. The molecular weight excluding hydrogens is 510 g/mol. The van der Waals surface area contributed by atoms with Crippen molar-refractivity contribution in [3.05, 3.63) is 113 Å². The normalized spacial score (nSPS) is 15.6. The first-order valence-electron chi connectivity index (χ1n) is 10.9. The number of aryl methyl sites for hydroxylation is 2. The maximum atomic E-state index is 2.51. The standard InChI is InChI=1S/C13H9.C13H13.C3H6.2ClH.Zr/c1-3-7-12-10(5-1)9-11-6-2-4-8-13(11)12;1-10-7-11(2)9-13(8-10)12-5-3-4-6-12;1-3-2;;;/h1-9H;3-9H,1-2H3;1-2H3;2*1H;/q;;;;;+2/p-2. The van der Waals surface area contributed by atoms with Gasteiger partial charge in [-0.15, -0.1) is 0 Å². The van der Waals surface area contributed by atoms with Crippen LogP contribution in [-0.4, -0.2) is 3.21 Å². The van der Waals surface area contributed by atoms with Crippen molar-refractivity contribution in [2.24, 2.45) is 0 Å². The minimum Gasteiger partial charge on any atom is -1.00 e. The van der Waals surface area contributed by atoms with Crippen molar-refractivity contribution in [3.8, 4) is 11.1 Å². The van der Waals surface area contributed by atoms with Crippen LogP contribution >= 0.6 is 0 Å². The van der Waals surface area contributed by atoms with Gasteiger partial charge in [-0.3, -0.25) is 0 Å². The van der Waals surface area contributed by atoms with Crippen molar-refractivity contribution in [1.29, 1.82) is 0 Å². The molecule has 5 rings (SSSR count). The molecule has 0 aliphatic heterocycles. The number of benzene rings is 3. The fourth-order valence-electron chi connectivity index (χ4n) is 5.44. The molecule has 0 fully saturated rings. The largest absolute Gasteiger partial charge is 1.00 e. The Kier molecular flexibility index (Phi) is 7.98. The van der Waals surface area contributed by atoms with Gasteiger partial charge in [0.2, 0.25) is 0 Å². The molecule has 1 unspecified atom stereocenters. The van der Waals surface area contributed by atoms with Crippen LogP contribution in [0, 0.1) is 13.8 Å². The maximum Gasteiger partial charge on any atom is -1.00 e. The van der Waals surface area contributed by atoms with E-state index in [0.717, 1.165) is 0 Å². The molecule has 0 saturated heterocycles. The Hall–Kier alpha value is -1.53. The number of hydrogen-bond acceptors (Lipinski definition) is 0. The van der Waals surface area contributed by atoms with Crippen LogP contribution in [0.4, 0.5) is 0 Å². The molecule has 3 aromatic carbocycles. The molecule has 32 heavy (non-hydrogen) atoms. The zero-order valence-corrected chi connectivity index (χ0v) is 23.0. The van der Waals surface area contributed by atoms with E-state index in [1.807, 2.05) is 0 Å². The van der Waals surface area contributed by atoms with Crippen molar-refractivity contribution < 1.29 is 46.1 Å². The summed E-state index contributed by atoms with van der Waals surface area (Å²) in [5, 5.41) is 0. The summed E-state index contributed by atoms with van der Waals surface area (Å²) in [5.74, 6) is 0. The monoisotopic (exact) mass is 536 g/mol. The van der Waals surface area contributed by atoms with Gasteiger partial charge in [0.15, 0.2) is 0 Å². The molecule has 3 aromatic rings. The molecule has 0 spiro atoms. The fraction of sp³-hybridized carbons (Fsp3) is 0.207. The van der Waals surface area contributed by atoms with E-state index in [1.165, 1.54) is 27.8 Å². The summed E-state index contributed by atoms with van der Waals surface area (Å²) in [6.07, 6.45) is 7.21. The third-order valence-electron chi connectivity index (χ3n) is 6.53. The van der Waals surface area contributed by atoms with E-state index in [2.05, 4.69) is 113 Å². The quantitative estimate of drug-likeness (QED) is 0.476. The molecule has 162 valence electrons. The van der Waals surface area contributed by atoms with Gasteiger partial charge in [0, 0.05) is 0 Å². The second kappa shape index (κ2) is 10.2. The van der Waals surface area contributed by atoms with Crippen molar-refractivity contribution >= 4 is 8.78 Å². The number of fused-ring (bicyclic) bond motifs is 3. The molecule has 0 bridgehead atoms. The van der Waals surface area contributed by atoms with Gasteiger partial charge in [-0.25, -0.2) is 0 Å². The molecule has 3 heteroatoms. The van der Waals surface area contributed by atoms with Gasteiger partial charge in [0.1, 0.15) is 0 Å².